The van der Waals surface area contributed by atoms with Gasteiger partial charge in [-0.05, 0) is 58.3 Å². The fourth-order valence-electron chi connectivity index (χ4n) is 2.89. The summed E-state index contributed by atoms with van der Waals surface area (Å²) in [6.45, 7) is 4.55. The van der Waals surface area contributed by atoms with Crippen molar-refractivity contribution in [1.29, 1.82) is 0 Å². The van der Waals surface area contributed by atoms with Gasteiger partial charge in [0.1, 0.15) is 0 Å². The molecular weight excluding hydrogens is 246 g/mol. The monoisotopic (exact) mass is 271 g/mol. The summed E-state index contributed by atoms with van der Waals surface area (Å²) in [4.78, 5) is 6.70. The van der Waals surface area contributed by atoms with Gasteiger partial charge in [0.15, 0.2) is 0 Å². The zero-order chi connectivity index (χ0) is 14.8. The van der Waals surface area contributed by atoms with Crippen LogP contribution in [0, 0.1) is 0 Å². The zero-order valence-electron chi connectivity index (χ0n) is 13.1. The van der Waals surface area contributed by atoms with E-state index in [-0.39, 0.29) is 11.6 Å². The van der Waals surface area contributed by atoms with Crippen molar-refractivity contribution in [3.05, 3.63) is 42.1 Å². The number of hydrogen-bond donors (Lipinski definition) is 1. The molecule has 0 aliphatic heterocycles. The van der Waals surface area contributed by atoms with Crippen molar-refractivity contribution in [3.63, 3.8) is 0 Å². The standard InChI is InChI=1S/C17H25N3/c1-6-17(2,20(4)5)16(18-3)14-9-10-15-13(12-14)8-7-11-19-15/h7-12,16,18H,6H2,1-5H3. The second-order valence-electron chi connectivity index (χ2n) is 5.78. The molecule has 3 heteroatoms. The third-order valence-electron chi connectivity index (χ3n) is 4.61. The summed E-state index contributed by atoms with van der Waals surface area (Å²) in [6, 6.07) is 10.9. The first-order chi connectivity index (χ1) is 9.52. The van der Waals surface area contributed by atoms with Gasteiger partial charge in [0.05, 0.1) is 11.6 Å². The van der Waals surface area contributed by atoms with Crippen LogP contribution in [0.1, 0.15) is 31.9 Å². The Morgan fingerprint density at radius 2 is 2.05 bits per heavy atom. The Morgan fingerprint density at radius 3 is 2.65 bits per heavy atom. The third kappa shape index (κ3) is 2.56. The molecule has 0 bridgehead atoms. The van der Waals surface area contributed by atoms with Crippen LogP contribution in [0.3, 0.4) is 0 Å². The maximum absolute atomic E-state index is 4.39. The van der Waals surface area contributed by atoms with Gasteiger partial charge in [0, 0.05) is 17.1 Å². The molecule has 0 saturated carbocycles. The smallest absolute Gasteiger partial charge is 0.0702 e. The van der Waals surface area contributed by atoms with Crippen LogP contribution < -0.4 is 5.32 Å². The Hall–Kier alpha value is -1.45. The molecule has 1 aromatic carbocycles. The van der Waals surface area contributed by atoms with E-state index in [4.69, 9.17) is 0 Å². The predicted octanol–water partition coefficient (Wildman–Crippen LogP) is 3.23. The highest BCUT2D eigenvalue weighted by molar-refractivity contribution is 5.79. The largest absolute Gasteiger partial charge is 0.311 e. The fourth-order valence-corrected chi connectivity index (χ4v) is 2.89. The normalized spacial score (nSPS) is 16.3. The molecule has 2 atom stereocenters. The van der Waals surface area contributed by atoms with Crippen LogP contribution in [0.4, 0.5) is 0 Å². The minimum atomic E-state index is 0.0740. The number of rotatable bonds is 5. The quantitative estimate of drug-likeness (QED) is 0.905. The second kappa shape index (κ2) is 5.90. The molecule has 0 aliphatic rings. The highest BCUT2D eigenvalue weighted by Gasteiger charge is 2.34. The van der Waals surface area contributed by atoms with E-state index in [9.17, 15) is 0 Å². The van der Waals surface area contributed by atoms with Gasteiger partial charge in [0.2, 0.25) is 0 Å². The molecule has 0 spiro atoms. The molecule has 1 heterocycles. The van der Waals surface area contributed by atoms with Gasteiger partial charge in [0.25, 0.3) is 0 Å². The molecule has 0 amide bonds. The van der Waals surface area contributed by atoms with Gasteiger partial charge in [-0.1, -0.05) is 19.1 Å². The van der Waals surface area contributed by atoms with Crippen molar-refractivity contribution in [3.8, 4) is 0 Å². The Bertz CT molecular complexity index is 579. The van der Waals surface area contributed by atoms with Crippen LogP contribution >= 0.6 is 0 Å². The maximum atomic E-state index is 4.39. The van der Waals surface area contributed by atoms with E-state index in [1.165, 1.54) is 10.9 Å². The van der Waals surface area contributed by atoms with E-state index < -0.39 is 0 Å². The number of hydrogen-bond acceptors (Lipinski definition) is 3. The molecule has 1 N–H and O–H groups in total. The van der Waals surface area contributed by atoms with Crippen molar-refractivity contribution >= 4 is 10.9 Å². The summed E-state index contributed by atoms with van der Waals surface area (Å²) in [5, 5.41) is 4.69. The van der Waals surface area contributed by atoms with Crippen molar-refractivity contribution in [1.82, 2.24) is 15.2 Å². The molecule has 2 unspecified atom stereocenters. The molecule has 0 saturated heterocycles. The maximum Gasteiger partial charge on any atom is 0.0702 e. The topological polar surface area (TPSA) is 28.2 Å². The first kappa shape index (κ1) is 14.9. The van der Waals surface area contributed by atoms with E-state index in [1.807, 2.05) is 19.3 Å². The van der Waals surface area contributed by atoms with Gasteiger partial charge in [-0.15, -0.1) is 0 Å². The molecule has 20 heavy (non-hydrogen) atoms. The number of pyridine rings is 1. The lowest BCUT2D eigenvalue weighted by atomic mass is 9.83. The molecular formula is C17H25N3. The zero-order valence-corrected chi connectivity index (χ0v) is 13.1. The highest BCUT2D eigenvalue weighted by atomic mass is 15.2. The lowest BCUT2D eigenvalue weighted by Crippen LogP contribution is -2.50. The van der Waals surface area contributed by atoms with E-state index in [0.717, 1.165) is 11.9 Å². The average Bonchev–Trinajstić information content (AvgIpc) is 2.47. The van der Waals surface area contributed by atoms with E-state index in [1.54, 1.807) is 0 Å². The van der Waals surface area contributed by atoms with Gasteiger partial charge in [-0.25, -0.2) is 0 Å². The summed E-state index contributed by atoms with van der Waals surface area (Å²) >= 11 is 0. The summed E-state index contributed by atoms with van der Waals surface area (Å²) in [7, 11) is 6.34. The van der Waals surface area contributed by atoms with Crippen LogP contribution in [0.25, 0.3) is 10.9 Å². The number of nitrogens with one attached hydrogen (secondary N) is 1. The SMILES string of the molecule is CCC(C)(C(NC)c1ccc2ncccc2c1)N(C)C. The predicted molar refractivity (Wildman–Crippen MR) is 85.9 cm³/mol. The Labute approximate surface area is 122 Å². The summed E-state index contributed by atoms with van der Waals surface area (Å²) in [5.41, 5.74) is 2.44. The second-order valence-corrected chi connectivity index (χ2v) is 5.78. The van der Waals surface area contributed by atoms with Crippen LogP contribution in [0.15, 0.2) is 36.5 Å². The van der Waals surface area contributed by atoms with Gasteiger partial charge < -0.3 is 10.2 Å². The summed E-state index contributed by atoms with van der Waals surface area (Å²) in [6.07, 6.45) is 2.92. The molecule has 0 aliphatic carbocycles. The van der Waals surface area contributed by atoms with Crippen LogP contribution in [0.2, 0.25) is 0 Å². The molecule has 2 rings (SSSR count). The molecule has 0 radical (unpaired) electrons. The molecule has 3 nitrogen and oxygen atoms in total. The van der Waals surface area contributed by atoms with Crippen LogP contribution in [0.5, 0.6) is 0 Å². The minimum Gasteiger partial charge on any atom is -0.311 e. The van der Waals surface area contributed by atoms with Crippen molar-refractivity contribution in [2.24, 2.45) is 0 Å². The number of fused-ring (bicyclic) bond motifs is 1. The first-order valence-electron chi connectivity index (χ1n) is 7.22. The van der Waals surface area contributed by atoms with E-state index in [2.05, 4.69) is 67.4 Å². The fraction of sp³-hybridized carbons (Fsp3) is 0.471. The minimum absolute atomic E-state index is 0.0740. The van der Waals surface area contributed by atoms with Crippen LogP contribution in [-0.4, -0.2) is 36.6 Å². The van der Waals surface area contributed by atoms with Gasteiger partial charge in [-0.2, -0.15) is 0 Å². The number of benzene rings is 1. The number of nitrogens with zero attached hydrogens (tertiary/aromatic N) is 2. The lowest BCUT2D eigenvalue weighted by molar-refractivity contribution is 0.117. The Kier molecular flexibility index (Phi) is 4.41. The summed E-state index contributed by atoms with van der Waals surface area (Å²) in [5.74, 6) is 0. The Balaban J connectivity index is 2.48. The van der Waals surface area contributed by atoms with Crippen molar-refractivity contribution in [2.75, 3.05) is 21.1 Å². The molecule has 0 fully saturated rings. The van der Waals surface area contributed by atoms with E-state index >= 15 is 0 Å². The number of aromatic nitrogens is 1. The average molecular weight is 271 g/mol. The van der Waals surface area contributed by atoms with Gasteiger partial charge in [-0.3, -0.25) is 4.98 Å². The lowest BCUT2D eigenvalue weighted by Gasteiger charge is -2.43. The Morgan fingerprint density at radius 1 is 1.30 bits per heavy atom. The van der Waals surface area contributed by atoms with Crippen molar-refractivity contribution in [2.45, 2.75) is 31.8 Å². The van der Waals surface area contributed by atoms with E-state index in [0.29, 0.717) is 0 Å². The first-order valence-corrected chi connectivity index (χ1v) is 7.22. The van der Waals surface area contributed by atoms with Crippen molar-refractivity contribution < 1.29 is 0 Å². The highest BCUT2D eigenvalue weighted by Crippen LogP contribution is 2.33. The summed E-state index contributed by atoms with van der Waals surface area (Å²) < 4.78 is 0. The van der Waals surface area contributed by atoms with Crippen LogP contribution in [-0.2, 0) is 0 Å². The van der Waals surface area contributed by atoms with Gasteiger partial charge >= 0.3 is 0 Å². The third-order valence-corrected chi connectivity index (χ3v) is 4.61. The molecule has 1 aromatic heterocycles. The number of likely N-dealkylation sites (N-methyl/N-ethyl adjacent to an activating group) is 2. The molecule has 2 aromatic rings. The molecule has 108 valence electrons.